The molecule has 0 saturated heterocycles. The number of nitrogens with zero attached hydrogens (tertiary/aromatic N) is 6. The third-order valence-electron chi connectivity index (χ3n) is 5.54. The molecule has 4 aromatic heterocycles. The molecular weight excluding hydrogens is 599 g/mol. The smallest absolute Gasteiger partial charge is 0.351 e. The fourth-order valence-electron chi connectivity index (χ4n) is 3.90. The van der Waals surface area contributed by atoms with Crippen LogP contribution in [0.1, 0.15) is 0 Å². The van der Waals surface area contributed by atoms with Crippen LogP contribution in [0, 0.1) is 0 Å². The van der Waals surface area contributed by atoms with E-state index in [1.165, 1.54) is 0 Å². The van der Waals surface area contributed by atoms with Crippen molar-refractivity contribution >= 4 is 30.6 Å². The van der Waals surface area contributed by atoms with Gasteiger partial charge in [0.1, 0.15) is 11.6 Å². The summed E-state index contributed by atoms with van der Waals surface area (Å²) in [6.45, 7) is 0. The van der Waals surface area contributed by atoms with Gasteiger partial charge >= 0.3 is 7.55 Å². The number of benzene rings is 1. The van der Waals surface area contributed by atoms with E-state index in [0.717, 1.165) is 45.5 Å². The molecule has 0 spiro atoms. The fourth-order valence-corrected chi connectivity index (χ4v) is 3.90. The predicted molar refractivity (Wildman–Crippen MR) is 131 cm³/mol. The maximum Gasteiger partial charge on any atom is 0.403 e. The molecule has 6 rings (SSSR count). The quantitative estimate of drug-likeness (QED) is 0.251. The minimum atomic E-state index is 0. The van der Waals surface area contributed by atoms with E-state index in [-0.39, 0.29) is 20.1 Å². The fraction of sp³-hybridized carbons (Fsp3) is 0. The van der Waals surface area contributed by atoms with Gasteiger partial charge < -0.3 is 9.62 Å². The van der Waals surface area contributed by atoms with Crippen LogP contribution >= 0.6 is 0 Å². The Hall–Kier alpha value is -3.87. The molecule has 5 aromatic rings. The van der Waals surface area contributed by atoms with Gasteiger partial charge in [-0.3, -0.25) is 9.97 Å². The Labute approximate surface area is 212 Å². The van der Waals surface area contributed by atoms with Crippen LogP contribution in [0.3, 0.4) is 0 Å². The van der Waals surface area contributed by atoms with E-state index in [9.17, 15) is 0 Å². The Kier molecular flexibility index (Phi) is 6.17. The van der Waals surface area contributed by atoms with Crippen molar-refractivity contribution < 1.29 is 20.1 Å². The zero-order valence-corrected chi connectivity index (χ0v) is 20.4. The summed E-state index contributed by atoms with van der Waals surface area (Å²) >= 11 is 0. The van der Waals surface area contributed by atoms with Gasteiger partial charge in [-0.1, -0.05) is 24.3 Å². The SMILES string of the molecule is [B]1N(c2ccc(-c3ccccn3)cn2)c2ccccc2N1c1ccc(-c2ccccn2)cn1.[Ir]. The summed E-state index contributed by atoms with van der Waals surface area (Å²) in [5, 5.41) is 0. The molecule has 34 heavy (non-hydrogen) atoms. The summed E-state index contributed by atoms with van der Waals surface area (Å²) < 4.78 is 0. The van der Waals surface area contributed by atoms with Crippen molar-refractivity contribution in [1.82, 2.24) is 19.9 Å². The molecular formula is C26H18BIrN6. The van der Waals surface area contributed by atoms with Crippen molar-refractivity contribution in [1.29, 1.82) is 0 Å². The van der Waals surface area contributed by atoms with Gasteiger partial charge in [-0.25, -0.2) is 9.97 Å². The number of rotatable bonds is 4. The molecule has 0 atom stereocenters. The van der Waals surface area contributed by atoms with Gasteiger partial charge in [-0.2, -0.15) is 0 Å². The van der Waals surface area contributed by atoms with E-state index in [0.29, 0.717) is 0 Å². The Morgan fingerprint density at radius 2 is 0.971 bits per heavy atom. The van der Waals surface area contributed by atoms with Crippen LogP contribution in [0.25, 0.3) is 22.5 Å². The average Bonchev–Trinajstić information content (AvgIpc) is 3.30. The van der Waals surface area contributed by atoms with Crippen LogP contribution in [-0.2, 0) is 20.1 Å². The standard InChI is InChI=1S/C26H18BN6.Ir/c1-2-10-24-23(9-1)32(25-13-11-19(17-30-25)21-7-3-5-15-28-21)27-33(24)26-14-12-20(18-31-26)22-8-4-6-16-29-22;/h1-18H;. The zero-order valence-electron chi connectivity index (χ0n) is 18.0. The summed E-state index contributed by atoms with van der Waals surface area (Å²) in [6.07, 6.45) is 7.29. The molecule has 0 fully saturated rings. The molecule has 164 valence electrons. The first kappa shape index (κ1) is 22.0. The van der Waals surface area contributed by atoms with Crippen LogP contribution in [0.4, 0.5) is 23.0 Å². The number of anilines is 4. The van der Waals surface area contributed by atoms with Gasteiger partial charge in [-0.15, -0.1) is 0 Å². The monoisotopic (exact) mass is 618 g/mol. The number of pyridine rings is 4. The average molecular weight is 618 g/mol. The topological polar surface area (TPSA) is 58.0 Å². The maximum absolute atomic E-state index is 4.72. The Morgan fingerprint density at radius 3 is 1.35 bits per heavy atom. The Morgan fingerprint density at radius 1 is 0.500 bits per heavy atom. The number of aromatic nitrogens is 4. The van der Waals surface area contributed by atoms with E-state index < -0.39 is 0 Å². The van der Waals surface area contributed by atoms with Crippen molar-refractivity contribution in [2.45, 2.75) is 0 Å². The summed E-state index contributed by atoms with van der Waals surface area (Å²) in [5.74, 6) is 1.66. The second-order valence-corrected chi connectivity index (χ2v) is 7.58. The number of hydrogen-bond acceptors (Lipinski definition) is 6. The maximum atomic E-state index is 4.72. The van der Waals surface area contributed by atoms with Crippen molar-refractivity contribution in [3.63, 3.8) is 0 Å². The first-order chi connectivity index (χ1) is 16.4. The van der Waals surface area contributed by atoms with Crippen molar-refractivity contribution in [3.8, 4) is 22.5 Å². The third kappa shape index (κ3) is 4.09. The third-order valence-corrected chi connectivity index (χ3v) is 5.54. The molecule has 0 amide bonds. The molecule has 8 heteroatoms. The predicted octanol–water partition coefficient (Wildman–Crippen LogP) is 5.42. The summed E-state index contributed by atoms with van der Waals surface area (Å²) in [7, 11) is 2.02. The van der Waals surface area contributed by atoms with Crippen molar-refractivity contribution in [2.24, 2.45) is 0 Å². The van der Waals surface area contributed by atoms with E-state index in [1.54, 1.807) is 12.4 Å². The Bertz CT molecular complexity index is 1270. The van der Waals surface area contributed by atoms with Crippen LogP contribution < -0.4 is 9.62 Å². The molecule has 0 N–H and O–H groups in total. The minimum Gasteiger partial charge on any atom is -0.351 e. The van der Waals surface area contributed by atoms with E-state index in [2.05, 4.69) is 31.7 Å². The molecule has 0 aliphatic carbocycles. The number of para-hydroxylation sites is 2. The van der Waals surface area contributed by atoms with Crippen LogP contribution in [0.15, 0.2) is 110 Å². The molecule has 5 heterocycles. The molecule has 0 bridgehead atoms. The first-order valence-electron chi connectivity index (χ1n) is 10.6. The molecule has 6 nitrogen and oxygen atoms in total. The molecule has 0 saturated carbocycles. The van der Waals surface area contributed by atoms with E-state index >= 15 is 0 Å². The van der Waals surface area contributed by atoms with Crippen LogP contribution in [0.5, 0.6) is 0 Å². The van der Waals surface area contributed by atoms with E-state index in [1.807, 2.05) is 92.7 Å². The summed E-state index contributed by atoms with van der Waals surface area (Å²) in [5.41, 5.74) is 5.87. The van der Waals surface area contributed by atoms with E-state index in [4.69, 9.17) is 9.97 Å². The van der Waals surface area contributed by atoms with Gasteiger partial charge in [-0.05, 0) is 60.7 Å². The molecule has 1 aliphatic rings. The number of fused-ring (bicyclic) bond motifs is 1. The van der Waals surface area contributed by atoms with Crippen molar-refractivity contribution in [3.05, 3.63) is 110 Å². The van der Waals surface area contributed by atoms with Gasteiger partial charge in [0.2, 0.25) is 0 Å². The zero-order chi connectivity index (χ0) is 22.0. The largest absolute Gasteiger partial charge is 0.403 e. The van der Waals surface area contributed by atoms with Crippen LogP contribution in [0.2, 0.25) is 0 Å². The summed E-state index contributed by atoms with van der Waals surface area (Å²) in [6, 6.07) is 28.1. The normalized spacial score (nSPS) is 12.0. The second kappa shape index (κ2) is 9.55. The second-order valence-electron chi connectivity index (χ2n) is 7.58. The molecule has 2 radical (unpaired) electrons. The van der Waals surface area contributed by atoms with Crippen LogP contribution in [-0.4, -0.2) is 27.5 Å². The minimum absolute atomic E-state index is 0. The van der Waals surface area contributed by atoms with Gasteiger partial charge in [0, 0.05) is 56.0 Å². The van der Waals surface area contributed by atoms with Crippen molar-refractivity contribution in [2.75, 3.05) is 9.62 Å². The number of hydrogen-bond donors (Lipinski definition) is 0. The summed E-state index contributed by atoms with van der Waals surface area (Å²) in [4.78, 5) is 22.4. The van der Waals surface area contributed by atoms with Gasteiger partial charge in [0.05, 0.1) is 22.8 Å². The first-order valence-corrected chi connectivity index (χ1v) is 10.6. The Balaban J connectivity index is 0.00000241. The molecule has 0 unspecified atom stereocenters. The van der Waals surface area contributed by atoms with Gasteiger partial charge in [0.15, 0.2) is 0 Å². The molecule has 1 aromatic carbocycles. The van der Waals surface area contributed by atoms with Gasteiger partial charge in [0.25, 0.3) is 0 Å². The molecule has 1 aliphatic heterocycles.